The smallest absolute Gasteiger partial charge is 0.0664 e. The molecule has 0 saturated heterocycles. The van der Waals surface area contributed by atoms with Crippen LogP contribution in [0.5, 0.6) is 0 Å². The molecule has 2 atom stereocenters. The predicted molar refractivity (Wildman–Crippen MR) is 68.5 cm³/mol. The molecule has 2 N–H and O–H groups in total. The van der Waals surface area contributed by atoms with Gasteiger partial charge in [-0.25, -0.2) is 0 Å². The van der Waals surface area contributed by atoms with E-state index in [1.807, 2.05) is 13.8 Å². The summed E-state index contributed by atoms with van der Waals surface area (Å²) in [7, 11) is 0. The molecule has 0 aliphatic heterocycles. The molecule has 0 rings (SSSR count). The minimum absolute atomic E-state index is 0.0340. The molecule has 0 saturated carbocycles. The molecule has 3 nitrogen and oxygen atoms in total. The van der Waals surface area contributed by atoms with Crippen LogP contribution in [0.2, 0.25) is 0 Å². The van der Waals surface area contributed by atoms with Crippen molar-refractivity contribution in [2.75, 3.05) is 13.1 Å². The Bertz CT molecular complexity index is 171. The first-order valence-corrected chi connectivity index (χ1v) is 6.48. The van der Waals surface area contributed by atoms with Gasteiger partial charge in [-0.2, -0.15) is 0 Å². The standard InChI is InChI=1S/C13H29NO2/c1-6-11(15)9-14(10-12(16)7-2)13(4,5)8-3/h11-12,15-16H,6-10H2,1-5H3. The monoisotopic (exact) mass is 231 g/mol. The lowest BCUT2D eigenvalue weighted by Crippen LogP contribution is -2.50. The lowest BCUT2D eigenvalue weighted by Gasteiger charge is -2.40. The second kappa shape index (κ2) is 7.25. The maximum atomic E-state index is 9.75. The summed E-state index contributed by atoms with van der Waals surface area (Å²) >= 11 is 0. The third-order valence-corrected chi connectivity index (χ3v) is 3.53. The Hall–Kier alpha value is -0.120. The second-order valence-electron chi connectivity index (χ2n) is 5.20. The van der Waals surface area contributed by atoms with Gasteiger partial charge in [-0.3, -0.25) is 4.90 Å². The lowest BCUT2D eigenvalue weighted by molar-refractivity contribution is 0.0103. The van der Waals surface area contributed by atoms with Crippen LogP contribution in [0, 0.1) is 0 Å². The minimum atomic E-state index is -0.296. The Kier molecular flexibility index (Phi) is 7.20. The van der Waals surface area contributed by atoms with Crippen LogP contribution in [-0.4, -0.2) is 45.9 Å². The van der Waals surface area contributed by atoms with E-state index in [4.69, 9.17) is 0 Å². The van der Waals surface area contributed by atoms with Gasteiger partial charge in [-0.15, -0.1) is 0 Å². The summed E-state index contributed by atoms with van der Waals surface area (Å²) in [6.07, 6.45) is 1.95. The van der Waals surface area contributed by atoms with Gasteiger partial charge in [0.1, 0.15) is 0 Å². The van der Waals surface area contributed by atoms with Crippen molar-refractivity contribution in [2.24, 2.45) is 0 Å². The van der Waals surface area contributed by atoms with Gasteiger partial charge in [0.15, 0.2) is 0 Å². The predicted octanol–water partition coefficient (Wildman–Crippen LogP) is 2.02. The zero-order chi connectivity index (χ0) is 12.8. The summed E-state index contributed by atoms with van der Waals surface area (Å²) in [5.41, 5.74) is 0.0340. The van der Waals surface area contributed by atoms with E-state index in [2.05, 4.69) is 25.7 Å². The van der Waals surface area contributed by atoms with Crippen LogP contribution in [0.25, 0.3) is 0 Å². The van der Waals surface area contributed by atoms with E-state index in [1.54, 1.807) is 0 Å². The molecule has 16 heavy (non-hydrogen) atoms. The summed E-state index contributed by atoms with van der Waals surface area (Å²) in [6, 6.07) is 0. The fourth-order valence-electron chi connectivity index (χ4n) is 1.56. The Morgan fingerprint density at radius 3 is 1.56 bits per heavy atom. The molecule has 0 aromatic heterocycles. The van der Waals surface area contributed by atoms with E-state index >= 15 is 0 Å². The molecule has 0 radical (unpaired) electrons. The molecule has 0 aliphatic carbocycles. The van der Waals surface area contributed by atoms with Crippen LogP contribution in [0.1, 0.15) is 53.9 Å². The van der Waals surface area contributed by atoms with E-state index in [0.29, 0.717) is 13.1 Å². The minimum Gasteiger partial charge on any atom is -0.392 e. The third-order valence-electron chi connectivity index (χ3n) is 3.53. The molecule has 0 amide bonds. The fraction of sp³-hybridized carbons (Fsp3) is 1.00. The Balaban J connectivity index is 4.50. The van der Waals surface area contributed by atoms with Gasteiger partial charge in [-0.05, 0) is 33.1 Å². The number of nitrogens with zero attached hydrogens (tertiary/aromatic N) is 1. The van der Waals surface area contributed by atoms with Gasteiger partial charge in [0.25, 0.3) is 0 Å². The van der Waals surface area contributed by atoms with Crippen molar-refractivity contribution >= 4 is 0 Å². The first-order chi connectivity index (χ1) is 7.37. The normalized spacial score (nSPS) is 16.5. The van der Waals surface area contributed by atoms with Crippen LogP contribution in [-0.2, 0) is 0 Å². The van der Waals surface area contributed by atoms with Crippen molar-refractivity contribution in [1.82, 2.24) is 4.90 Å². The average Bonchev–Trinajstić information content (AvgIpc) is 2.27. The van der Waals surface area contributed by atoms with E-state index in [-0.39, 0.29) is 17.7 Å². The van der Waals surface area contributed by atoms with Gasteiger partial charge in [-0.1, -0.05) is 20.8 Å². The highest BCUT2D eigenvalue weighted by atomic mass is 16.3. The van der Waals surface area contributed by atoms with Gasteiger partial charge < -0.3 is 10.2 Å². The van der Waals surface area contributed by atoms with Crippen LogP contribution in [0.4, 0.5) is 0 Å². The fourth-order valence-corrected chi connectivity index (χ4v) is 1.56. The summed E-state index contributed by atoms with van der Waals surface area (Å²) in [5, 5.41) is 19.5. The molecule has 2 unspecified atom stereocenters. The van der Waals surface area contributed by atoms with Crippen molar-refractivity contribution in [3.8, 4) is 0 Å². The zero-order valence-electron chi connectivity index (χ0n) is 11.5. The highest BCUT2D eigenvalue weighted by Crippen LogP contribution is 2.20. The SMILES string of the molecule is CCC(O)CN(CC(O)CC)C(C)(C)CC. The highest BCUT2D eigenvalue weighted by Gasteiger charge is 2.27. The molecule has 98 valence electrons. The first-order valence-electron chi connectivity index (χ1n) is 6.48. The Morgan fingerprint density at radius 2 is 1.31 bits per heavy atom. The summed E-state index contributed by atoms with van der Waals surface area (Å²) in [4.78, 5) is 2.20. The molecule has 3 heteroatoms. The van der Waals surface area contributed by atoms with Crippen LogP contribution >= 0.6 is 0 Å². The van der Waals surface area contributed by atoms with E-state index in [1.165, 1.54) is 0 Å². The van der Waals surface area contributed by atoms with Crippen molar-refractivity contribution in [3.63, 3.8) is 0 Å². The van der Waals surface area contributed by atoms with Gasteiger partial charge >= 0.3 is 0 Å². The molecule has 0 aliphatic rings. The summed E-state index contributed by atoms with van der Waals surface area (Å²) in [6.45, 7) is 11.7. The number of aliphatic hydroxyl groups excluding tert-OH is 2. The van der Waals surface area contributed by atoms with E-state index < -0.39 is 0 Å². The van der Waals surface area contributed by atoms with Crippen LogP contribution in [0.3, 0.4) is 0 Å². The van der Waals surface area contributed by atoms with Crippen molar-refractivity contribution < 1.29 is 10.2 Å². The van der Waals surface area contributed by atoms with Crippen molar-refractivity contribution in [2.45, 2.75) is 71.6 Å². The zero-order valence-corrected chi connectivity index (χ0v) is 11.5. The van der Waals surface area contributed by atoms with E-state index in [9.17, 15) is 10.2 Å². The molecule has 0 bridgehead atoms. The van der Waals surface area contributed by atoms with Gasteiger partial charge in [0, 0.05) is 18.6 Å². The third kappa shape index (κ3) is 5.28. The summed E-state index contributed by atoms with van der Waals surface area (Å²) in [5.74, 6) is 0. The van der Waals surface area contributed by atoms with Crippen molar-refractivity contribution in [3.05, 3.63) is 0 Å². The molecule has 0 spiro atoms. The number of hydrogen-bond acceptors (Lipinski definition) is 3. The molecule has 0 aromatic carbocycles. The molecule has 0 heterocycles. The molecule has 0 fully saturated rings. The lowest BCUT2D eigenvalue weighted by atomic mass is 9.97. The maximum Gasteiger partial charge on any atom is 0.0664 e. The Morgan fingerprint density at radius 1 is 0.938 bits per heavy atom. The van der Waals surface area contributed by atoms with Crippen molar-refractivity contribution in [1.29, 1.82) is 0 Å². The topological polar surface area (TPSA) is 43.7 Å². The maximum absolute atomic E-state index is 9.75. The number of β-amino-alcohol motifs (C(OH)–C–C–N with tert-alkyl or cyclic N) is 2. The molecular formula is C13H29NO2. The van der Waals surface area contributed by atoms with Gasteiger partial charge in [0.2, 0.25) is 0 Å². The Labute approximate surface area is 100 Å². The number of hydrogen-bond donors (Lipinski definition) is 2. The van der Waals surface area contributed by atoms with E-state index in [0.717, 1.165) is 19.3 Å². The highest BCUT2D eigenvalue weighted by molar-refractivity contribution is 4.83. The molecular weight excluding hydrogens is 202 g/mol. The van der Waals surface area contributed by atoms with Crippen LogP contribution < -0.4 is 0 Å². The number of rotatable bonds is 8. The van der Waals surface area contributed by atoms with Gasteiger partial charge in [0.05, 0.1) is 12.2 Å². The molecule has 0 aromatic rings. The largest absolute Gasteiger partial charge is 0.392 e. The quantitative estimate of drug-likeness (QED) is 0.671. The second-order valence-corrected chi connectivity index (χ2v) is 5.20. The first kappa shape index (κ1) is 15.9. The average molecular weight is 231 g/mol. The van der Waals surface area contributed by atoms with Crippen LogP contribution in [0.15, 0.2) is 0 Å². The number of aliphatic hydroxyl groups is 2. The summed E-state index contributed by atoms with van der Waals surface area (Å²) < 4.78 is 0.